The number of hydrogen-bond acceptors (Lipinski definition) is 5. The van der Waals surface area contributed by atoms with E-state index in [1.54, 1.807) is 0 Å². The first-order chi connectivity index (χ1) is 6.65. The molecule has 0 atom stereocenters. The monoisotopic (exact) mass is 191 g/mol. The molecule has 0 bridgehead atoms. The van der Waals surface area contributed by atoms with Crippen LogP contribution in [0.5, 0.6) is 0 Å². The number of pyridine rings is 1. The van der Waals surface area contributed by atoms with Gasteiger partial charge in [-0.1, -0.05) is 0 Å². The predicted octanol–water partition coefficient (Wildman–Crippen LogP) is 0.251. The number of nitrogens with zero attached hydrogens (tertiary/aromatic N) is 2. The Kier molecular flexibility index (Phi) is 3.02. The summed E-state index contributed by atoms with van der Waals surface area (Å²) in [6.45, 7) is 0. The minimum Gasteiger partial charge on any atom is -0.469 e. The van der Waals surface area contributed by atoms with Crippen LogP contribution in [0.25, 0.3) is 0 Å². The van der Waals surface area contributed by atoms with Crippen LogP contribution in [0.1, 0.15) is 11.3 Å². The van der Waals surface area contributed by atoms with Crippen LogP contribution < -0.4 is 5.73 Å². The Balaban J connectivity index is 2.93. The number of nitriles is 1. The zero-order valence-electron chi connectivity index (χ0n) is 7.65. The van der Waals surface area contributed by atoms with Crippen molar-refractivity contribution in [1.82, 2.24) is 4.98 Å². The lowest BCUT2D eigenvalue weighted by atomic mass is 10.1. The van der Waals surface area contributed by atoms with Crippen LogP contribution in [0.3, 0.4) is 0 Å². The van der Waals surface area contributed by atoms with Crippen LogP contribution >= 0.6 is 0 Å². The highest BCUT2D eigenvalue weighted by molar-refractivity contribution is 5.72. The molecular formula is C9H9N3O2. The van der Waals surface area contributed by atoms with E-state index in [0.717, 1.165) is 0 Å². The highest BCUT2D eigenvalue weighted by atomic mass is 16.5. The third kappa shape index (κ3) is 2.45. The number of carbonyl (C=O) groups is 1. The first-order valence-electron chi connectivity index (χ1n) is 3.89. The smallest absolute Gasteiger partial charge is 0.309 e. The van der Waals surface area contributed by atoms with Gasteiger partial charge < -0.3 is 10.5 Å². The average molecular weight is 191 g/mol. The zero-order valence-corrected chi connectivity index (χ0v) is 7.65. The van der Waals surface area contributed by atoms with Crippen molar-refractivity contribution < 1.29 is 9.53 Å². The van der Waals surface area contributed by atoms with Gasteiger partial charge in [-0.25, -0.2) is 4.98 Å². The zero-order chi connectivity index (χ0) is 10.6. The van der Waals surface area contributed by atoms with Gasteiger partial charge >= 0.3 is 5.97 Å². The molecule has 72 valence electrons. The number of aromatic nitrogens is 1. The summed E-state index contributed by atoms with van der Waals surface area (Å²) < 4.78 is 4.48. The Morgan fingerprint density at radius 3 is 3.00 bits per heavy atom. The van der Waals surface area contributed by atoms with Crippen molar-refractivity contribution in [2.45, 2.75) is 6.42 Å². The second-order valence-electron chi connectivity index (χ2n) is 2.65. The van der Waals surface area contributed by atoms with Gasteiger partial charge in [0.2, 0.25) is 0 Å². The maximum Gasteiger partial charge on any atom is 0.309 e. The fourth-order valence-corrected chi connectivity index (χ4v) is 1.01. The molecule has 1 aromatic heterocycles. The number of methoxy groups -OCH3 is 1. The molecule has 1 aromatic rings. The van der Waals surface area contributed by atoms with E-state index in [2.05, 4.69) is 9.72 Å². The number of carbonyl (C=O) groups excluding carboxylic acids is 1. The van der Waals surface area contributed by atoms with Gasteiger partial charge in [-0.3, -0.25) is 4.79 Å². The van der Waals surface area contributed by atoms with Crippen molar-refractivity contribution in [3.63, 3.8) is 0 Å². The molecule has 0 aromatic carbocycles. The second-order valence-corrected chi connectivity index (χ2v) is 2.65. The lowest BCUT2D eigenvalue weighted by Crippen LogP contribution is -2.06. The first-order valence-corrected chi connectivity index (χ1v) is 3.89. The van der Waals surface area contributed by atoms with Crippen LogP contribution in [0, 0.1) is 11.3 Å². The molecule has 5 nitrogen and oxygen atoms in total. The quantitative estimate of drug-likeness (QED) is 0.677. The molecule has 0 saturated heterocycles. The maximum atomic E-state index is 10.9. The van der Waals surface area contributed by atoms with E-state index in [9.17, 15) is 4.79 Å². The second kappa shape index (κ2) is 4.23. The fraction of sp³-hybridized carbons (Fsp3) is 0.222. The van der Waals surface area contributed by atoms with E-state index in [0.29, 0.717) is 5.56 Å². The molecule has 0 saturated carbocycles. The van der Waals surface area contributed by atoms with Gasteiger partial charge in [0.05, 0.1) is 13.5 Å². The fourth-order valence-electron chi connectivity index (χ4n) is 1.01. The number of ether oxygens (including phenoxy) is 1. The summed E-state index contributed by atoms with van der Waals surface area (Å²) >= 11 is 0. The molecule has 0 aliphatic carbocycles. The number of rotatable bonds is 2. The molecule has 1 heterocycles. The standard InChI is InChI=1S/C9H9N3O2/c1-14-9(13)4-6-2-7(5-10)12-8(11)3-6/h2-3H,4H2,1H3,(H2,11,12). The number of esters is 1. The molecule has 0 amide bonds. The molecule has 0 unspecified atom stereocenters. The summed E-state index contributed by atoms with van der Waals surface area (Å²) in [6.07, 6.45) is 0.0951. The minimum absolute atomic E-state index is 0.0951. The van der Waals surface area contributed by atoms with Crippen molar-refractivity contribution in [2.75, 3.05) is 12.8 Å². The van der Waals surface area contributed by atoms with Crippen LogP contribution in [0.15, 0.2) is 12.1 Å². The van der Waals surface area contributed by atoms with E-state index in [4.69, 9.17) is 11.0 Å². The highest BCUT2D eigenvalue weighted by Crippen LogP contribution is 2.08. The summed E-state index contributed by atoms with van der Waals surface area (Å²) in [5.41, 5.74) is 6.26. The Morgan fingerprint density at radius 1 is 1.71 bits per heavy atom. The number of nitrogens with two attached hydrogens (primary N) is 1. The molecule has 0 aliphatic heterocycles. The summed E-state index contributed by atoms with van der Waals surface area (Å²) in [5.74, 6) is -0.151. The van der Waals surface area contributed by atoms with Crippen LogP contribution in [-0.4, -0.2) is 18.1 Å². The average Bonchev–Trinajstić information content (AvgIpc) is 2.16. The molecule has 0 radical (unpaired) electrons. The third-order valence-corrected chi connectivity index (χ3v) is 1.60. The van der Waals surface area contributed by atoms with Crippen LogP contribution in [0.2, 0.25) is 0 Å². The first kappa shape index (κ1) is 9.99. The van der Waals surface area contributed by atoms with Crippen molar-refractivity contribution in [2.24, 2.45) is 0 Å². The molecule has 0 fully saturated rings. The predicted molar refractivity (Wildman–Crippen MR) is 49.1 cm³/mol. The van der Waals surface area contributed by atoms with Gasteiger partial charge in [0.15, 0.2) is 0 Å². The van der Waals surface area contributed by atoms with Crippen molar-refractivity contribution >= 4 is 11.8 Å². The Hall–Kier alpha value is -2.09. The van der Waals surface area contributed by atoms with Gasteiger partial charge in [-0.2, -0.15) is 5.26 Å². The molecule has 5 heteroatoms. The van der Waals surface area contributed by atoms with Gasteiger partial charge in [0, 0.05) is 0 Å². The van der Waals surface area contributed by atoms with Gasteiger partial charge in [0.25, 0.3) is 0 Å². The van der Waals surface area contributed by atoms with Crippen molar-refractivity contribution in [3.05, 3.63) is 23.4 Å². The number of anilines is 1. The van der Waals surface area contributed by atoms with Gasteiger partial charge in [-0.15, -0.1) is 0 Å². The van der Waals surface area contributed by atoms with Crippen LogP contribution in [0.4, 0.5) is 5.82 Å². The third-order valence-electron chi connectivity index (χ3n) is 1.60. The molecule has 0 spiro atoms. The number of hydrogen-bond donors (Lipinski definition) is 1. The lowest BCUT2D eigenvalue weighted by Gasteiger charge is -2.01. The summed E-state index contributed by atoms with van der Waals surface area (Å²) in [5, 5.41) is 8.59. The summed E-state index contributed by atoms with van der Waals surface area (Å²) in [6, 6.07) is 4.90. The topological polar surface area (TPSA) is 89.0 Å². The molecule has 2 N–H and O–H groups in total. The summed E-state index contributed by atoms with van der Waals surface area (Å²) in [4.78, 5) is 14.7. The van der Waals surface area contributed by atoms with Gasteiger partial charge in [0.1, 0.15) is 17.6 Å². The molecule has 0 aliphatic rings. The Morgan fingerprint density at radius 2 is 2.43 bits per heavy atom. The Bertz CT molecular complexity index is 396. The van der Waals surface area contributed by atoms with Crippen molar-refractivity contribution in [1.29, 1.82) is 5.26 Å². The van der Waals surface area contributed by atoms with Crippen molar-refractivity contribution in [3.8, 4) is 6.07 Å². The largest absolute Gasteiger partial charge is 0.469 e. The molecular weight excluding hydrogens is 182 g/mol. The van der Waals surface area contributed by atoms with E-state index in [-0.39, 0.29) is 23.9 Å². The van der Waals surface area contributed by atoms with Crippen LogP contribution in [-0.2, 0) is 16.0 Å². The van der Waals surface area contributed by atoms with E-state index < -0.39 is 0 Å². The van der Waals surface area contributed by atoms with E-state index >= 15 is 0 Å². The number of nitrogen functional groups attached to an aromatic ring is 1. The normalized spacial score (nSPS) is 9.14. The summed E-state index contributed by atoms with van der Waals surface area (Å²) in [7, 11) is 1.30. The Labute approximate surface area is 81.1 Å². The minimum atomic E-state index is -0.375. The highest BCUT2D eigenvalue weighted by Gasteiger charge is 2.05. The molecule has 1 rings (SSSR count). The lowest BCUT2D eigenvalue weighted by molar-refractivity contribution is -0.139. The molecule has 14 heavy (non-hydrogen) atoms. The van der Waals surface area contributed by atoms with E-state index in [1.807, 2.05) is 6.07 Å². The SMILES string of the molecule is COC(=O)Cc1cc(N)nc(C#N)c1. The van der Waals surface area contributed by atoms with E-state index in [1.165, 1.54) is 19.2 Å². The maximum absolute atomic E-state index is 10.9. The van der Waals surface area contributed by atoms with Gasteiger partial charge in [-0.05, 0) is 17.7 Å².